The van der Waals surface area contributed by atoms with Crippen LogP contribution in [0, 0.1) is 0 Å². The van der Waals surface area contributed by atoms with Crippen LogP contribution in [0.5, 0.6) is 5.88 Å². The van der Waals surface area contributed by atoms with E-state index >= 15 is 0 Å². The molecule has 0 unspecified atom stereocenters. The van der Waals surface area contributed by atoms with Gasteiger partial charge in [0.2, 0.25) is 5.88 Å². The summed E-state index contributed by atoms with van der Waals surface area (Å²) in [5.74, 6) is -0.517. The number of hydrogen-bond donors (Lipinski definition) is 2. The molecule has 1 aromatic carbocycles. The fraction of sp³-hybridized carbons (Fsp3) is 0.409. The monoisotopic (exact) mass is 462 g/mol. The van der Waals surface area contributed by atoms with Gasteiger partial charge in [-0.05, 0) is 18.1 Å². The molecule has 1 saturated heterocycles. The van der Waals surface area contributed by atoms with E-state index in [1.165, 1.54) is 13.2 Å². The summed E-state index contributed by atoms with van der Waals surface area (Å²) in [7, 11) is 2.98. The van der Waals surface area contributed by atoms with Crippen molar-refractivity contribution in [3.05, 3.63) is 52.5 Å². The molecule has 0 spiro atoms. The van der Waals surface area contributed by atoms with Crippen LogP contribution in [0.15, 0.2) is 36.4 Å². The highest BCUT2D eigenvalue weighted by molar-refractivity contribution is 6.33. The number of methoxy groups -OCH3 is 2. The van der Waals surface area contributed by atoms with Gasteiger partial charge in [-0.25, -0.2) is 0 Å². The number of likely N-dealkylation sites (tertiary alicyclic amines) is 1. The second-order valence-electron chi connectivity index (χ2n) is 7.44. The lowest BCUT2D eigenvalue weighted by molar-refractivity contribution is -0.147. The van der Waals surface area contributed by atoms with Crippen LogP contribution in [-0.2, 0) is 20.9 Å². The summed E-state index contributed by atoms with van der Waals surface area (Å²) in [6.07, 6.45) is 0.284. The van der Waals surface area contributed by atoms with Gasteiger partial charge in [-0.15, -0.1) is 0 Å². The number of amides is 1. The molecule has 0 radical (unpaired) electrons. The average Bonchev–Trinajstić information content (AvgIpc) is 2.80. The number of nitrogen functional groups attached to an aromatic ring is 1. The molecular formula is C22H27ClN4O5. The van der Waals surface area contributed by atoms with Gasteiger partial charge in [-0.3, -0.25) is 14.5 Å². The SMILES string of the molecule is COc1nc(N)c(Cl)cc1C(=O)N[C@@H]1CCN(CC(=O)OCc2ccccc2)C[C@@H]1OC. The number of anilines is 1. The van der Waals surface area contributed by atoms with Crippen molar-refractivity contribution in [1.82, 2.24) is 15.2 Å². The highest BCUT2D eigenvalue weighted by atomic mass is 35.5. The third-order valence-corrected chi connectivity index (χ3v) is 5.57. The van der Waals surface area contributed by atoms with Crippen molar-refractivity contribution < 1.29 is 23.8 Å². The summed E-state index contributed by atoms with van der Waals surface area (Å²) in [6.45, 7) is 1.46. The fourth-order valence-electron chi connectivity index (χ4n) is 3.54. The van der Waals surface area contributed by atoms with Gasteiger partial charge >= 0.3 is 5.97 Å². The van der Waals surface area contributed by atoms with Gasteiger partial charge in [0, 0.05) is 20.2 Å². The maximum Gasteiger partial charge on any atom is 0.320 e. The largest absolute Gasteiger partial charge is 0.480 e. The molecule has 1 aromatic heterocycles. The van der Waals surface area contributed by atoms with Crippen LogP contribution >= 0.6 is 11.6 Å². The summed E-state index contributed by atoms with van der Waals surface area (Å²) in [6, 6.07) is 10.7. The Kier molecular flexibility index (Phi) is 8.26. The van der Waals surface area contributed by atoms with Crippen LogP contribution < -0.4 is 15.8 Å². The molecule has 2 aromatic rings. The highest BCUT2D eigenvalue weighted by Crippen LogP contribution is 2.25. The van der Waals surface area contributed by atoms with E-state index in [0.717, 1.165) is 5.56 Å². The number of nitrogens with two attached hydrogens (primary N) is 1. The minimum atomic E-state index is -0.390. The lowest BCUT2D eigenvalue weighted by atomic mass is 10.0. The zero-order chi connectivity index (χ0) is 23.1. The molecule has 0 aliphatic carbocycles. The van der Waals surface area contributed by atoms with Crippen molar-refractivity contribution in [2.75, 3.05) is 39.6 Å². The van der Waals surface area contributed by atoms with E-state index in [0.29, 0.717) is 19.5 Å². The molecule has 1 aliphatic rings. The van der Waals surface area contributed by atoms with Gasteiger partial charge in [0.1, 0.15) is 18.0 Å². The molecule has 1 aliphatic heterocycles. The molecule has 1 fully saturated rings. The number of hydrogen-bond acceptors (Lipinski definition) is 8. The number of aromatic nitrogens is 1. The lowest BCUT2D eigenvalue weighted by Gasteiger charge is -2.37. The average molecular weight is 463 g/mol. The number of nitrogens with zero attached hydrogens (tertiary/aromatic N) is 2. The first-order chi connectivity index (χ1) is 15.4. The molecule has 172 valence electrons. The van der Waals surface area contributed by atoms with E-state index in [1.807, 2.05) is 35.2 Å². The van der Waals surface area contributed by atoms with Gasteiger partial charge in [-0.1, -0.05) is 41.9 Å². The van der Waals surface area contributed by atoms with Crippen LogP contribution in [0.25, 0.3) is 0 Å². The topological polar surface area (TPSA) is 116 Å². The Bertz CT molecular complexity index is 943. The fourth-order valence-corrected chi connectivity index (χ4v) is 3.70. The van der Waals surface area contributed by atoms with Crippen molar-refractivity contribution in [2.45, 2.75) is 25.2 Å². The number of nitrogens with one attached hydrogen (secondary N) is 1. The first kappa shape index (κ1) is 23.8. The number of benzene rings is 1. The summed E-state index contributed by atoms with van der Waals surface area (Å²) in [4.78, 5) is 31.0. The molecule has 10 heteroatoms. The minimum Gasteiger partial charge on any atom is -0.480 e. The number of carbonyl (C=O) groups excluding carboxylic acids is 2. The van der Waals surface area contributed by atoms with Crippen LogP contribution in [0.2, 0.25) is 5.02 Å². The molecular weight excluding hydrogens is 436 g/mol. The maximum absolute atomic E-state index is 12.8. The Balaban J connectivity index is 1.55. The van der Waals surface area contributed by atoms with Gasteiger partial charge in [-0.2, -0.15) is 4.98 Å². The number of esters is 1. The highest BCUT2D eigenvalue weighted by Gasteiger charge is 2.32. The second-order valence-corrected chi connectivity index (χ2v) is 7.84. The molecule has 2 heterocycles. The first-order valence-electron chi connectivity index (χ1n) is 10.2. The van der Waals surface area contributed by atoms with E-state index in [-0.39, 0.29) is 59.5 Å². The molecule has 3 N–H and O–H groups in total. The number of pyridine rings is 1. The Morgan fingerprint density at radius 3 is 2.72 bits per heavy atom. The van der Waals surface area contributed by atoms with E-state index in [1.54, 1.807) is 7.11 Å². The molecule has 0 bridgehead atoms. The number of rotatable bonds is 8. The Morgan fingerprint density at radius 2 is 2.03 bits per heavy atom. The number of piperidine rings is 1. The molecule has 2 atom stereocenters. The Morgan fingerprint density at radius 1 is 1.28 bits per heavy atom. The zero-order valence-electron chi connectivity index (χ0n) is 18.0. The Hall–Kier alpha value is -2.88. The van der Waals surface area contributed by atoms with Gasteiger partial charge in [0.15, 0.2) is 0 Å². The van der Waals surface area contributed by atoms with Gasteiger partial charge in [0.25, 0.3) is 5.91 Å². The van der Waals surface area contributed by atoms with E-state index in [9.17, 15) is 9.59 Å². The zero-order valence-corrected chi connectivity index (χ0v) is 18.8. The van der Waals surface area contributed by atoms with Crippen molar-refractivity contribution in [3.63, 3.8) is 0 Å². The van der Waals surface area contributed by atoms with Crippen molar-refractivity contribution in [2.24, 2.45) is 0 Å². The standard InChI is InChI=1S/C22H27ClN4O5/c1-30-18-11-27(12-19(28)32-13-14-6-4-3-5-7-14)9-8-17(18)25-21(29)15-10-16(23)20(24)26-22(15)31-2/h3-7,10,17-18H,8-9,11-13H2,1-2H3,(H2,24,26)(H,25,29)/t17-,18+/m1/s1. The van der Waals surface area contributed by atoms with Crippen LogP contribution in [0.1, 0.15) is 22.3 Å². The molecule has 9 nitrogen and oxygen atoms in total. The maximum atomic E-state index is 12.8. The number of ether oxygens (including phenoxy) is 3. The third-order valence-electron chi connectivity index (χ3n) is 5.26. The number of carbonyl (C=O) groups is 2. The molecule has 3 rings (SSSR count). The summed E-state index contributed by atoms with van der Waals surface area (Å²) in [5, 5.41) is 3.12. The van der Waals surface area contributed by atoms with E-state index in [2.05, 4.69) is 10.3 Å². The predicted octanol–water partition coefficient (Wildman–Crippen LogP) is 1.89. The third kappa shape index (κ3) is 6.09. The van der Waals surface area contributed by atoms with Crippen molar-refractivity contribution in [3.8, 4) is 5.88 Å². The summed E-state index contributed by atoms with van der Waals surface area (Å²) in [5.41, 5.74) is 6.81. The summed E-state index contributed by atoms with van der Waals surface area (Å²) < 4.78 is 16.1. The first-order valence-corrected chi connectivity index (χ1v) is 10.5. The van der Waals surface area contributed by atoms with Gasteiger partial charge < -0.3 is 25.3 Å². The van der Waals surface area contributed by atoms with Gasteiger partial charge in [0.05, 0.1) is 30.8 Å². The van der Waals surface area contributed by atoms with Crippen LogP contribution in [-0.4, -0.2) is 67.8 Å². The van der Waals surface area contributed by atoms with Crippen molar-refractivity contribution >= 4 is 29.3 Å². The second kappa shape index (κ2) is 11.1. The Labute approximate surface area is 191 Å². The van der Waals surface area contributed by atoms with E-state index in [4.69, 9.17) is 31.5 Å². The van der Waals surface area contributed by atoms with Crippen LogP contribution in [0.3, 0.4) is 0 Å². The normalized spacial score (nSPS) is 18.7. The van der Waals surface area contributed by atoms with Crippen LogP contribution in [0.4, 0.5) is 5.82 Å². The minimum absolute atomic E-state index is 0.0855. The predicted molar refractivity (Wildman–Crippen MR) is 120 cm³/mol. The van der Waals surface area contributed by atoms with E-state index < -0.39 is 0 Å². The quantitative estimate of drug-likeness (QED) is 0.571. The smallest absolute Gasteiger partial charge is 0.320 e. The van der Waals surface area contributed by atoms with Crippen molar-refractivity contribution in [1.29, 1.82) is 0 Å². The summed E-state index contributed by atoms with van der Waals surface area (Å²) >= 11 is 6.02. The molecule has 1 amide bonds. The number of halogens is 1. The molecule has 32 heavy (non-hydrogen) atoms. The molecule has 0 saturated carbocycles. The lowest BCUT2D eigenvalue weighted by Crippen LogP contribution is -2.55.